The number of benzene rings is 1. The van der Waals surface area contributed by atoms with E-state index in [2.05, 4.69) is 0 Å². The topological polar surface area (TPSA) is 83.6 Å². The smallest absolute Gasteiger partial charge is 0.418 e. The van der Waals surface area contributed by atoms with Gasteiger partial charge in [0.2, 0.25) is 0 Å². The third-order valence-corrected chi connectivity index (χ3v) is 2.80. The molecule has 2 rings (SSSR count). The van der Waals surface area contributed by atoms with Crippen molar-refractivity contribution >= 4 is 22.7 Å². The quantitative estimate of drug-likeness (QED) is 0.626. The van der Waals surface area contributed by atoms with E-state index in [4.69, 9.17) is 9.47 Å². The van der Waals surface area contributed by atoms with Crippen LogP contribution in [-0.4, -0.2) is 28.3 Å². The van der Waals surface area contributed by atoms with E-state index in [1.165, 1.54) is 30.0 Å². The van der Waals surface area contributed by atoms with Crippen LogP contribution in [0, 0.1) is 10.1 Å². The maximum atomic E-state index is 12.1. The van der Waals surface area contributed by atoms with Crippen molar-refractivity contribution in [2.45, 2.75) is 26.4 Å². The maximum Gasteiger partial charge on any atom is 0.418 e. The highest BCUT2D eigenvalue weighted by molar-refractivity contribution is 5.97. The minimum absolute atomic E-state index is 0.148. The minimum Gasteiger partial charge on any atom is -0.490 e. The van der Waals surface area contributed by atoms with Gasteiger partial charge < -0.3 is 9.47 Å². The summed E-state index contributed by atoms with van der Waals surface area (Å²) in [6.45, 7) is 5.26. The zero-order valence-electron chi connectivity index (χ0n) is 12.2. The molecule has 1 aromatic carbocycles. The Morgan fingerprint density at radius 1 is 1.29 bits per heavy atom. The molecule has 0 atom stereocenters. The first-order valence-corrected chi connectivity index (χ1v) is 6.30. The largest absolute Gasteiger partial charge is 0.490 e. The van der Waals surface area contributed by atoms with Crippen molar-refractivity contribution in [1.29, 1.82) is 0 Å². The highest BCUT2D eigenvalue weighted by Crippen LogP contribution is 2.35. The lowest BCUT2D eigenvalue weighted by atomic mass is 10.2. The predicted molar refractivity (Wildman–Crippen MR) is 76.8 cm³/mol. The van der Waals surface area contributed by atoms with Crippen molar-refractivity contribution in [3.05, 3.63) is 34.5 Å². The lowest BCUT2D eigenvalue weighted by Gasteiger charge is -2.19. The Morgan fingerprint density at radius 3 is 2.48 bits per heavy atom. The predicted octanol–water partition coefficient (Wildman–Crippen LogP) is 3.34. The Bertz CT molecular complexity index is 712. The molecule has 0 radical (unpaired) electrons. The Hall–Kier alpha value is -2.57. The number of hydrogen-bond acceptors (Lipinski definition) is 5. The van der Waals surface area contributed by atoms with Crippen LogP contribution in [0.4, 0.5) is 10.5 Å². The number of nitro groups is 1. The molecule has 2 aromatic rings. The molecule has 7 heteroatoms. The van der Waals surface area contributed by atoms with E-state index in [0.29, 0.717) is 10.9 Å². The fourth-order valence-corrected chi connectivity index (χ4v) is 2.00. The third kappa shape index (κ3) is 2.81. The van der Waals surface area contributed by atoms with Gasteiger partial charge in [0, 0.05) is 6.20 Å². The number of carbonyl (C=O) groups excluding carboxylic acids is 1. The second kappa shape index (κ2) is 5.08. The molecule has 0 bridgehead atoms. The number of methoxy groups -OCH3 is 1. The van der Waals surface area contributed by atoms with Crippen LogP contribution in [0.5, 0.6) is 5.75 Å². The number of nitrogens with zero attached hydrogens (tertiary/aromatic N) is 2. The summed E-state index contributed by atoms with van der Waals surface area (Å²) >= 11 is 0. The summed E-state index contributed by atoms with van der Waals surface area (Å²) in [5, 5.41) is 11.5. The van der Waals surface area contributed by atoms with Gasteiger partial charge in [-0.2, -0.15) is 0 Å². The van der Waals surface area contributed by atoms with Crippen LogP contribution in [0.1, 0.15) is 20.8 Å². The van der Waals surface area contributed by atoms with E-state index in [1.807, 2.05) is 0 Å². The lowest BCUT2D eigenvalue weighted by molar-refractivity contribution is -0.383. The Kier molecular flexibility index (Phi) is 3.59. The molecule has 0 unspecified atom stereocenters. The molecular formula is C14H16N2O5. The van der Waals surface area contributed by atoms with E-state index in [1.54, 1.807) is 26.8 Å². The molecule has 0 aliphatic carbocycles. The van der Waals surface area contributed by atoms with Gasteiger partial charge >= 0.3 is 11.8 Å². The van der Waals surface area contributed by atoms with Gasteiger partial charge in [0.1, 0.15) is 5.60 Å². The van der Waals surface area contributed by atoms with Crippen LogP contribution in [0.15, 0.2) is 24.4 Å². The third-order valence-electron chi connectivity index (χ3n) is 2.80. The number of rotatable bonds is 2. The summed E-state index contributed by atoms with van der Waals surface area (Å²) in [4.78, 5) is 22.8. The average molecular weight is 292 g/mol. The SMILES string of the molecule is COc1ccc2c(ccn2C(=O)OC(C)(C)C)c1[N+](=O)[O-]. The molecular weight excluding hydrogens is 276 g/mol. The highest BCUT2D eigenvalue weighted by atomic mass is 16.6. The molecule has 1 aromatic heterocycles. The van der Waals surface area contributed by atoms with Gasteiger partial charge in [-0.25, -0.2) is 4.79 Å². The first kappa shape index (κ1) is 14.8. The van der Waals surface area contributed by atoms with Crippen LogP contribution in [0.3, 0.4) is 0 Å². The van der Waals surface area contributed by atoms with Gasteiger partial charge in [0.15, 0.2) is 5.75 Å². The van der Waals surface area contributed by atoms with Crippen LogP contribution < -0.4 is 4.74 Å². The number of ether oxygens (including phenoxy) is 2. The van der Waals surface area contributed by atoms with Crippen molar-refractivity contribution in [2.24, 2.45) is 0 Å². The molecule has 0 amide bonds. The van der Waals surface area contributed by atoms with E-state index in [9.17, 15) is 14.9 Å². The molecule has 0 N–H and O–H groups in total. The Labute approximate surface area is 121 Å². The second-order valence-corrected chi connectivity index (χ2v) is 5.47. The van der Waals surface area contributed by atoms with Crippen molar-refractivity contribution < 1.29 is 19.2 Å². The summed E-state index contributed by atoms with van der Waals surface area (Å²) in [5.41, 5.74) is -0.416. The van der Waals surface area contributed by atoms with Crippen molar-refractivity contribution in [3.63, 3.8) is 0 Å². The lowest BCUT2D eigenvalue weighted by Crippen LogP contribution is -2.26. The van der Waals surface area contributed by atoms with E-state index < -0.39 is 16.6 Å². The van der Waals surface area contributed by atoms with Gasteiger partial charge in [-0.15, -0.1) is 0 Å². The van der Waals surface area contributed by atoms with E-state index in [0.717, 1.165) is 0 Å². The molecule has 0 spiro atoms. The van der Waals surface area contributed by atoms with Crippen molar-refractivity contribution in [3.8, 4) is 5.75 Å². The maximum absolute atomic E-state index is 12.1. The van der Waals surface area contributed by atoms with E-state index in [-0.39, 0.29) is 11.4 Å². The van der Waals surface area contributed by atoms with Crippen molar-refractivity contribution in [2.75, 3.05) is 7.11 Å². The zero-order valence-corrected chi connectivity index (χ0v) is 12.2. The van der Waals surface area contributed by atoms with Gasteiger partial charge in [0.05, 0.1) is 22.9 Å². The first-order chi connectivity index (χ1) is 9.74. The number of nitro benzene ring substituents is 1. The average Bonchev–Trinajstić information content (AvgIpc) is 2.78. The summed E-state index contributed by atoms with van der Waals surface area (Å²) in [6, 6.07) is 4.55. The molecule has 0 aliphatic rings. The Morgan fingerprint density at radius 2 is 1.95 bits per heavy atom. The van der Waals surface area contributed by atoms with Crippen LogP contribution in [0.2, 0.25) is 0 Å². The zero-order chi connectivity index (χ0) is 15.8. The number of hydrogen-bond donors (Lipinski definition) is 0. The summed E-state index contributed by atoms with van der Waals surface area (Å²) in [5.74, 6) is 0.148. The highest BCUT2D eigenvalue weighted by Gasteiger charge is 2.24. The normalized spacial score (nSPS) is 11.4. The fourth-order valence-electron chi connectivity index (χ4n) is 2.00. The van der Waals surface area contributed by atoms with Gasteiger partial charge in [-0.3, -0.25) is 14.7 Å². The van der Waals surface area contributed by atoms with Crippen molar-refractivity contribution in [1.82, 2.24) is 4.57 Å². The first-order valence-electron chi connectivity index (χ1n) is 6.30. The van der Waals surface area contributed by atoms with Gasteiger partial charge in [-0.05, 0) is 39.0 Å². The molecule has 0 saturated carbocycles. The van der Waals surface area contributed by atoms with Crippen LogP contribution in [-0.2, 0) is 4.74 Å². The number of aromatic nitrogens is 1. The summed E-state index contributed by atoms with van der Waals surface area (Å²) in [7, 11) is 1.36. The summed E-state index contributed by atoms with van der Waals surface area (Å²) < 4.78 is 11.5. The van der Waals surface area contributed by atoms with Crippen LogP contribution in [0.25, 0.3) is 10.9 Å². The number of carbonyl (C=O) groups is 1. The fraction of sp³-hybridized carbons (Fsp3) is 0.357. The standard InChI is InChI=1S/C14H16N2O5/c1-14(2,3)21-13(17)15-8-7-9-10(15)5-6-11(20-4)12(9)16(18)19/h5-8H,1-4H3. The van der Waals surface area contributed by atoms with Gasteiger partial charge in [0.25, 0.3) is 0 Å². The molecule has 0 aliphatic heterocycles. The minimum atomic E-state index is -0.647. The summed E-state index contributed by atoms with van der Waals surface area (Å²) in [6.07, 6.45) is 0.863. The molecule has 0 fully saturated rings. The van der Waals surface area contributed by atoms with E-state index >= 15 is 0 Å². The monoisotopic (exact) mass is 292 g/mol. The second-order valence-electron chi connectivity index (χ2n) is 5.47. The van der Waals surface area contributed by atoms with Crippen LogP contribution >= 0.6 is 0 Å². The number of fused-ring (bicyclic) bond motifs is 1. The molecule has 0 saturated heterocycles. The molecule has 7 nitrogen and oxygen atoms in total. The molecule has 112 valence electrons. The molecule has 1 heterocycles. The Balaban J connectivity index is 2.58. The molecule has 21 heavy (non-hydrogen) atoms. The van der Waals surface area contributed by atoms with Gasteiger partial charge in [-0.1, -0.05) is 0 Å².